The van der Waals surface area contributed by atoms with Crippen molar-refractivity contribution in [2.75, 3.05) is 20.3 Å². The second kappa shape index (κ2) is 13.1. The summed E-state index contributed by atoms with van der Waals surface area (Å²) in [5, 5.41) is 0. The summed E-state index contributed by atoms with van der Waals surface area (Å²) in [6.45, 7) is 10.2. The number of methoxy groups -OCH3 is 1. The number of carbonyl (C=O) groups is 1. The molecular weight excluding hydrogens is 560 g/mol. The molecule has 1 aliphatic rings. The monoisotopic (exact) mass is 594 g/mol. The van der Waals surface area contributed by atoms with Crippen LogP contribution in [0.3, 0.4) is 0 Å². The highest BCUT2D eigenvalue weighted by atomic mass is 32.1. The van der Waals surface area contributed by atoms with Crippen LogP contribution in [0.4, 0.5) is 0 Å². The largest absolute Gasteiger partial charge is 0.493 e. The molecule has 0 N–H and O–H groups in total. The van der Waals surface area contributed by atoms with Crippen molar-refractivity contribution in [3.05, 3.63) is 133 Å². The zero-order chi connectivity index (χ0) is 30.5. The first-order valence-electron chi connectivity index (χ1n) is 14.2. The van der Waals surface area contributed by atoms with Gasteiger partial charge in [-0.25, -0.2) is 9.79 Å². The van der Waals surface area contributed by atoms with Gasteiger partial charge in [-0.05, 0) is 36.1 Å². The quantitative estimate of drug-likeness (QED) is 0.176. The molecule has 0 aliphatic carbocycles. The van der Waals surface area contributed by atoms with Crippen molar-refractivity contribution in [3.63, 3.8) is 0 Å². The van der Waals surface area contributed by atoms with Crippen molar-refractivity contribution in [1.29, 1.82) is 0 Å². The van der Waals surface area contributed by atoms with Crippen molar-refractivity contribution in [1.82, 2.24) is 4.57 Å². The molecule has 5 rings (SSSR count). The van der Waals surface area contributed by atoms with Crippen LogP contribution in [0.15, 0.2) is 101 Å². The SMILES string of the molecule is C=CCOc1c(/C=c2\sc3n(c2=O)[C@@H](c2ccc(C(C)C)cc2)C(C(=O)OCC)=C(c2ccccc2)N=3)cccc1OC. The van der Waals surface area contributed by atoms with Gasteiger partial charge in [-0.15, -0.1) is 0 Å². The maximum Gasteiger partial charge on any atom is 0.338 e. The maximum atomic E-state index is 14.2. The van der Waals surface area contributed by atoms with Crippen LogP contribution < -0.4 is 24.4 Å². The number of aromatic nitrogens is 1. The van der Waals surface area contributed by atoms with Crippen molar-refractivity contribution in [2.45, 2.75) is 32.7 Å². The first-order chi connectivity index (χ1) is 20.9. The zero-order valence-electron chi connectivity index (χ0n) is 24.7. The van der Waals surface area contributed by atoms with Crippen LogP contribution in [-0.2, 0) is 9.53 Å². The fraction of sp³-hybridized carbons (Fsp3) is 0.229. The van der Waals surface area contributed by atoms with Gasteiger partial charge < -0.3 is 14.2 Å². The number of esters is 1. The van der Waals surface area contributed by atoms with E-state index in [0.717, 1.165) is 16.7 Å². The van der Waals surface area contributed by atoms with Crippen LogP contribution in [0, 0.1) is 0 Å². The standard InChI is InChI=1S/C35H34N2O5S/c1-6-20-42-32-26(14-11-15-27(32)40-5)21-28-33(38)37-31(25-18-16-23(17-19-25)22(3)4)29(34(39)41-7-2)30(36-35(37)43-28)24-12-9-8-10-13-24/h6,8-19,21-22,31H,1,7,20H2,2-5H3/b28-21-/t31-/m0/s1. The second-order valence-corrected chi connectivity index (χ2v) is 11.2. The summed E-state index contributed by atoms with van der Waals surface area (Å²) in [7, 11) is 1.57. The minimum Gasteiger partial charge on any atom is -0.493 e. The topological polar surface area (TPSA) is 79.1 Å². The van der Waals surface area contributed by atoms with Crippen molar-refractivity contribution in [2.24, 2.45) is 4.99 Å². The number of rotatable bonds is 10. The lowest BCUT2D eigenvalue weighted by molar-refractivity contribution is -0.138. The van der Waals surface area contributed by atoms with Gasteiger partial charge in [0.1, 0.15) is 6.61 Å². The van der Waals surface area contributed by atoms with Crippen LogP contribution in [0.2, 0.25) is 0 Å². The Kier molecular flexibility index (Phi) is 9.07. The van der Waals surface area contributed by atoms with E-state index < -0.39 is 12.0 Å². The molecule has 8 heteroatoms. The molecule has 1 aromatic heterocycles. The van der Waals surface area contributed by atoms with Gasteiger partial charge in [0.05, 0.1) is 35.6 Å². The summed E-state index contributed by atoms with van der Waals surface area (Å²) in [6, 6.07) is 22.3. The fourth-order valence-corrected chi connectivity index (χ4v) is 6.06. The van der Waals surface area contributed by atoms with E-state index in [1.165, 1.54) is 11.3 Å². The average molecular weight is 595 g/mol. The first-order valence-corrected chi connectivity index (χ1v) is 15.0. The van der Waals surface area contributed by atoms with Crippen LogP contribution in [0.1, 0.15) is 55.0 Å². The fourth-order valence-electron chi connectivity index (χ4n) is 5.06. The highest BCUT2D eigenvalue weighted by Crippen LogP contribution is 2.36. The number of benzene rings is 3. The van der Waals surface area contributed by atoms with Gasteiger partial charge in [-0.2, -0.15) is 0 Å². The third-order valence-electron chi connectivity index (χ3n) is 7.15. The third-order valence-corrected chi connectivity index (χ3v) is 8.14. The molecule has 7 nitrogen and oxygen atoms in total. The molecule has 0 radical (unpaired) electrons. The number of carbonyl (C=O) groups excluding carboxylic acids is 1. The lowest BCUT2D eigenvalue weighted by Crippen LogP contribution is -2.40. The Bertz CT molecular complexity index is 1850. The second-order valence-electron chi connectivity index (χ2n) is 10.2. The summed E-state index contributed by atoms with van der Waals surface area (Å²) in [6.07, 6.45) is 3.43. The summed E-state index contributed by atoms with van der Waals surface area (Å²) in [5.41, 5.74) is 3.93. The molecular formula is C35H34N2O5S. The number of para-hydroxylation sites is 1. The van der Waals surface area contributed by atoms with E-state index in [1.54, 1.807) is 36.8 Å². The van der Waals surface area contributed by atoms with Crippen LogP contribution in [0.5, 0.6) is 11.5 Å². The minimum atomic E-state index is -0.740. The molecule has 0 saturated heterocycles. The summed E-state index contributed by atoms with van der Waals surface area (Å²) < 4.78 is 19.1. The highest BCUT2D eigenvalue weighted by molar-refractivity contribution is 7.07. The number of ether oxygens (including phenoxy) is 3. The summed E-state index contributed by atoms with van der Waals surface area (Å²) in [5.74, 6) is 0.873. The summed E-state index contributed by atoms with van der Waals surface area (Å²) in [4.78, 5) is 33.3. The van der Waals surface area contributed by atoms with E-state index >= 15 is 0 Å². The Morgan fingerprint density at radius 3 is 2.47 bits per heavy atom. The smallest absolute Gasteiger partial charge is 0.338 e. The van der Waals surface area contributed by atoms with Crippen molar-refractivity contribution >= 4 is 29.1 Å². The van der Waals surface area contributed by atoms with Gasteiger partial charge in [0.25, 0.3) is 5.56 Å². The number of hydrogen-bond donors (Lipinski definition) is 0. The highest BCUT2D eigenvalue weighted by Gasteiger charge is 2.35. The Labute approximate surface area is 254 Å². The first kappa shape index (κ1) is 29.8. The lowest BCUT2D eigenvalue weighted by Gasteiger charge is -2.26. The van der Waals surface area contributed by atoms with E-state index in [2.05, 4.69) is 20.4 Å². The van der Waals surface area contributed by atoms with E-state index in [0.29, 0.717) is 43.6 Å². The number of fused-ring (bicyclic) bond motifs is 1. The van der Waals surface area contributed by atoms with Crippen LogP contribution in [0.25, 0.3) is 11.8 Å². The predicted octanol–water partition coefficient (Wildman–Crippen LogP) is 5.63. The molecule has 0 amide bonds. The molecule has 0 saturated carbocycles. The molecule has 220 valence electrons. The zero-order valence-corrected chi connectivity index (χ0v) is 25.5. The molecule has 0 spiro atoms. The van der Waals surface area contributed by atoms with Gasteiger partial charge in [-0.1, -0.05) is 105 Å². The lowest BCUT2D eigenvalue weighted by atomic mass is 9.91. The molecule has 1 atom stereocenters. The predicted molar refractivity (Wildman–Crippen MR) is 170 cm³/mol. The normalized spacial score (nSPS) is 14.7. The molecule has 0 unspecified atom stereocenters. The van der Waals surface area contributed by atoms with E-state index in [1.807, 2.05) is 66.7 Å². The molecule has 0 bridgehead atoms. The Morgan fingerprint density at radius 1 is 1.07 bits per heavy atom. The molecule has 1 aliphatic heterocycles. The Hall–Kier alpha value is -4.69. The van der Waals surface area contributed by atoms with Gasteiger partial charge in [-0.3, -0.25) is 9.36 Å². The minimum absolute atomic E-state index is 0.192. The van der Waals surface area contributed by atoms with E-state index in [-0.39, 0.29) is 18.8 Å². The van der Waals surface area contributed by atoms with Gasteiger partial charge in [0.15, 0.2) is 16.3 Å². The third kappa shape index (κ3) is 5.96. The van der Waals surface area contributed by atoms with Crippen molar-refractivity contribution in [3.8, 4) is 11.5 Å². The summed E-state index contributed by atoms with van der Waals surface area (Å²) >= 11 is 1.26. The van der Waals surface area contributed by atoms with Gasteiger partial charge in [0, 0.05) is 11.1 Å². The molecule has 4 aromatic rings. The van der Waals surface area contributed by atoms with E-state index in [4.69, 9.17) is 19.2 Å². The molecule has 0 fully saturated rings. The molecule has 3 aromatic carbocycles. The molecule has 43 heavy (non-hydrogen) atoms. The Morgan fingerprint density at radius 2 is 1.81 bits per heavy atom. The number of hydrogen-bond acceptors (Lipinski definition) is 7. The van der Waals surface area contributed by atoms with Crippen LogP contribution >= 0.6 is 11.3 Å². The molecule has 2 heterocycles. The van der Waals surface area contributed by atoms with Gasteiger partial charge >= 0.3 is 5.97 Å². The average Bonchev–Trinajstić information content (AvgIpc) is 3.34. The van der Waals surface area contributed by atoms with Gasteiger partial charge in [0.2, 0.25) is 0 Å². The maximum absolute atomic E-state index is 14.2. The Balaban J connectivity index is 1.80. The number of nitrogens with zero attached hydrogens (tertiary/aromatic N) is 2. The van der Waals surface area contributed by atoms with Crippen LogP contribution in [-0.4, -0.2) is 30.9 Å². The number of thiazole rings is 1. The van der Waals surface area contributed by atoms with E-state index in [9.17, 15) is 9.59 Å². The van der Waals surface area contributed by atoms with Crippen molar-refractivity contribution < 1.29 is 19.0 Å².